The number of nitrogens with one attached hydrogen (secondary N) is 3. The number of aliphatic carboxylic acids is 1. The number of nitrogens with two attached hydrogens (primary N) is 4. The van der Waals surface area contributed by atoms with Gasteiger partial charge >= 0.3 is 5.97 Å². The molecule has 0 aromatic heterocycles. The molecule has 4 amide bonds. The van der Waals surface area contributed by atoms with Crippen LogP contribution in [0.25, 0.3) is 0 Å². The zero-order valence-corrected chi connectivity index (χ0v) is 20.0. The van der Waals surface area contributed by atoms with Crippen molar-refractivity contribution in [3.63, 3.8) is 0 Å². The van der Waals surface area contributed by atoms with E-state index in [-0.39, 0.29) is 31.8 Å². The van der Waals surface area contributed by atoms with E-state index in [0.29, 0.717) is 12.8 Å². The van der Waals surface area contributed by atoms with E-state index in [0.717, 1.165) is 0 Å². The Balaban J connectivity index is 5.43. The second-order valence-electron chi connectivity index (χ2n) is 8.08. The van der Waals surface area contributed by atoms with Crippen LogP contribution in [0.1, 0.15) is 46.0 Å². The first kappa shape index (κ1) is 31.5. The van der Waals surface area contributed by atoms with E-state index < -0.39 is 66.3 Å². The number of carboxylic acid groups (broad SMARTS) is 1. The van der Waals surface area contributed by atoms with Crippen LogP contribution in [0.4, 0.5) is 0 Å². The minimum absolute atomic E-state index is 0.0974. The molecule has 0 aliphatic heterocycles. The van der Waals surface area contributed by atoms with E-state index in [2.05, 4.69) is 20.9 Å². The molecule has 0 spiro atoms. The molecule has 0 rings (SSSR count). The number of primary amides is 1. The molecule has 5 atom stereocenters. The Kier molecular flexibility index (Phi) is 14.6. The van der Waals surface area contributed by atoms with Crippen molar-refractivity contribution in [1.82, 2.24) is 16.0 Å². The highest BCUT2D eigenvalue weighted by Crippen LogP contribution is 2.10. The number of guanidine groups is 1. The van der Waals surface area contributed by atoms with Crippen molar-refractivity contribution in [3.05, 3.63) is 0 Å². The van der Waals surface area contributed by atoms with E-state index in [1.54, 1.807) is 13.8 Å². The van der Waals surface area contributed by atoms with Crippen LogP contribution in [-0.2, 0) is 24.0 Å². The molecule has 0 aromatic rings. The van der Waals surface area contributed by atoms with Gasteiger partial charge in [-0.05, 0) is 25.2 Å². The molecule has 13 N–H and O–H groups in total. The predicted octanol–water partition coefficient (Wildman–Crippen LogP) is -3.79. The summed E-state index contributed by atoms with van der Waals surface area (Å²) in [4.78, 5) is 64.3. The van der Waals surface area contributed by atoms with Gasteiger partial charge in [-0.3, -0.25) is 24.2 Å². The standard InChI is InChI=1S/C20H38N8O7/c1-3-10(2)15(18(33)27-13(9-29)19(34)35)28-17(32)12(6-7-14(22)30)26-16(31)11(21)5-4-8-25-20(23)24/h10-13,15,29H,3-9,21H2,1-2H3,(H2,22,30)(H,26,31)(H,27,33)(H,28,32)(H,34,35)(H4,23,24,25). The number of nitrogens with zero attached hydrogens (tertiary/aromatic N) is 1. The quantitative estimate of drug-likeness (QED) is 0.0531. The fraction of sp³-hybridized carbons (Fsp3) is 0.700. The molecule has 0 heterocycles. The van der Waals surface area contributed by atoms with Crippen LogP contribution >= 0.6 is 0 Å². The average molecular weight is 503 g/mol. The fourth-order valence-corrected chi connectivity index (χ4v) is 2.89. The van der Waals surface area contributed by atoms with Gasteiger partial charge in [0.15, 0.2) is 5.96 Å². The lowest BCUT2D eigenvalue weighted by molar-refractivity contribution is -0.143. The minimum atomic E-state index is -1.56. The van der Waals surface area contributed by atoms with Crippen LogP contribution in [0.3, 0.4) is 0 Å². The van der Waals surface area contributed by atoms with E-state index in [1.165, 1.54) is 0 Å². The summed E-state index contributed by atoms with van der Waals surface area (Å²) in [6, 6.07) is -4.98. The summed E-state index contributed by atoms with van der Waals surface area (Å²) >= 11 is 0. The van der Waals surface area contributed by atoms with Gasteiger partial charge in [-0.25, -0.2) is 4.79 Å². The van der Waals surface area contributed by atoms with Crippen molar-refractivity contribution >= 4 is 35.6 Å². The SMILES string of the molecule is CCC(C)C(NC(=O)C(CCC(N)=O)NC(=O)C(N)CCCN=C(N)N)C(=O)NC(CO)C(=O)O. The molecule has 15 nitrogen and oxygen atoms in total. The van der Waals surface area contributed by atoms with Crippen molar-refractivity contribution in [2.75, 3.05) is 13.2 Å². The summed E-state index contributed by atoms with van der Waals surface area (Å²) in [5.41, 5.74) is 21.5. The molecule has 0 bridgehead atoms. The van der Waals surface area contributed by atoms with Crippen molar-refractivity contribution in [2.24, 2.45) is 33.8 Å². The highest BCUT2D eigenvalue weighted by molar-refractivity contribution is 5.94. The predicted molar refractivity (Wildman–Crippen MR) is 126 cm³/mol. The molecule has 0 aromatic carbocycles. The Morgan fingerprint density at radius 1 is 0.914 bits per heavy atom. The van der Waals surface area contributed by atoms with Crippen molar-refractivity contribution < 1.29 is 34.2 Å². The van der Waals surface area contributed by atoms with Gasteiger partial charge in [-0.1, -0.05) is 20.3 Å². The molecule has 0 saturated heterocycles. The Morgan fingerprint density at radius 3 is 2.00 bits per heavy atom. The molecule has 0 aliphatic carbocycles. The van der Waals surface area contributed by atoms with Crippen molar-refractivity contribution in [1.29, 1.82) is 0 Å². The van der Waals surface area contributed by atoms with Crippen LogP contribution < -0.4 is 38.9 Å². The van der Waals surface area contributed by atoms with Gasteiger partial charge in [0.05, 0.1) is 12.6 Å². The smallest absolute Gasteiger partial charge is 0.328 e. The molecule has 200 valence electrons. The van der Waals surface area contributed by atoms with E-state index >= 15 is 0 Å². The number of carboxylic acids is 1. The normalized spacial score (nSPS) is 15.0. The second-order valence-corrected chi connectivity index (χ2v) is 8.08. The van der Waals surface area contributed by atoms with Crippen molar-refractivity contribution in [3.8, 4) is 0 Å². The van der Waals surface area contributed by atoms with Gasteiger partial charge in [0.2, 0.25) is 23.6 Å². The number of aliphatic hydroxyl groups excluding tert-OH is 1. The first-order chi connectivity index (χ1) is 16.3. The Hall–Kier alpha value is -3.46. The van der Waals surface area contributed by atoms with Crippen LogP contribution in [-0.4, -0.2) is 83.1 Å². The van der Waals surface area contributed by atoms with Gasteiger partial charge in [0.1, 0.15) is 18.1 Å². The largest absolute Gasteiger partial charge is 0.480 e. The minimum Gasteiger partial charge on any atom is -0.480 e. The number of carbonyl (C=O) groups is 5. The number of aliphatic hydroxyl groups is 1. The lowest BCUT2D eigenvalue weighted by atomic mass is 9.97. The zero-order chi connectivity index (χ0) is 27.1. The summed E-state index contributed by atoms with van der Waals surface area (Å²) in [7, 11) is 0. The summed E-state index contributed by atoms with van der Waals surface area (Å²) in [5, 5.41) is 25.3. The third-order valence-electron chi connectivity index (χ3n) is 5.21. The maximum Gasteiger partial charge on any atom is 0.328 e. The van der Waals surface area contributed by atoms with Gasteiger partial charge in [-0.15, -0.1) is 0 Å². The summed E-state index contributed by atoms with van der Waals surface area (Å²) in [5.74, 6) is -4.97. The number of rotatable bonds is 17. The monoisotopic (exact) mass is 502 g/mol. The number of hydrogen-bond donors (Lipinski definition) is 9. The van der Waals surface area contributed by atoms with Crippen LogP contribution in [0.2, 0.25) is 0 Å². The number of carbonyl (C=O) groups excluding carboxylic acids is 4. The zero-order valence-electron chi connectivity index (χ0n) is 20.0. The Labute approximate surface area is 203 Å². The summed E-state index contributed by atoms with van der Waals surface area (Å²) in [6.07, 6.45) is 0.661. The van der Waals surface area contributed by atoms with Gasteiger partial charge in [0.25, 0.3) is 0 Å². The fourth-order valence-electron chi connectivity index (χ4n) is 2.89. The highest BCUT2D eigenvalue weighted by atomic mass is 16.4. The third kappa shape index (κ3) is 12.5. The number of hydrogen-bond acceptors (Lipinski definition) is 8. The molecule has 15 heteroatoms. The third-order valence-corrected chi connectivity index (χ3v) is 5.21. The lowest BCUT2D eigenvalue weighted by Crippen LogP contribution is -2.59. The van der Waals surface area contributed by atoms with Crippen LogP contribution in [0, 0.1) is 5.92 Å². The maximum atomic E-state index is 13.0. The first-order valence-electron chi connectivity index (χ1n) is 11.2. The topological polar surface area (TPSA) is 278 Å². The van der Waals surface area contributed by atoms with E-state index in [9.17, 15) is 24.0 Å². The van der Waals surface area contributed by atoms with Gasteiger partial charge < -0.3 is 49.1 Å². The van der Waals surface area contributed by atoms with Gasteiger partial charge in [-0.2, -0.15) is 0 Å². The molecular formula is C20H38N8O7. The molecule has 0 radical (unpaired) electrons. The summed E-state index contributed by atoms with van der Waals surface area (Å²) in [6.45, 7) is 2.82. The Morgan fingerprint density at radius 2 is 1.51 bits per heavy atom. The van der Waals surface area contributed by atoms with E-state index in [4.69, 9.17) is 33.1 Å². The number of amides is 4. The molecule has 0 fully saturated rings. The van der Waals surface area contributed by atoms with Gasteiger partial charge in [0, 0.05) is 13.0 Å². The maximum absolute atomic E-state index is 13.0. The van der Waals surface area contributed by atoms with Crippen LogP contribution in [0.15, 0.2) is 4.99 Å². The highest BCUT2D eigenvalue weighted by Gasteiger charge is 2.32. The molecule has 5 unspecified atom stereocenters. The Bertz CT molecular complexity index is 773. The summed E-state index contributed by atoms with van der Waals surface area (Å²) < 4.78 is 0. The number of aliphatic imine (C=N–C) groups is 1. The van der Waals surface area contributed by atoms with E-state index in [1.807, 2.05) is 0 Å². The second kappa shape index (κ2) is 16.2. The lowest BCUT2D eigenvalue weighted by Gasteiger charge is -2.27. The van der Waals surface area contributed by atoms with Crippen LogP contribution in [0.5, 0.6) is 0 Å². The molecule has 35 heavy (non-hydrogen) atoms. The first-order valence-corrected chi connectivity index (χ1v) is 11.2. The molecule has 0 aliphatic rings. The van der Waals surface area contributed by atoms with Crippen molar-refractivity contribution in [2.45, 2.75) is 70.1 Å². The molecule has 0 saturated carbocycles. The average Bonchev–Trinajstić information content (AvgIpc) is 2.79. The molecular weight excluding hydrogens is 464 g/mol.